The van der Waals surface area contributed by atoms with Crippen molar-refractivity contribution in [2.45, 2.75) is 64.7 Å². The fourth-order valence-corrected chi connectivity index (χ4v) is 2.41. The monoisotopic (exact) mass is 327 g/mol. The molecule has 0 radical (unpaired) electrons. The Morgan fingerprint density at radius 1 is 1.00 bits per heavy atom. The first kappa shape index (κ1) is 20.1. The third-order valence-corrected chi connectivity index (χ3v) is 3.87. The Morgan fingerprint density at radius 2 is 1.67 bits per heavy atom. The van der Waals surface area contributed by atoms with Crippen molar-refractivity contribution in [1.29, 1.82) is 0 Å². The zero-order valence-electron chi connectivity index (χ0n) is 15.0. The molecule has 2 nitrogen and oxygen atoms in total. The van der Waals surface area contributed by atoms with Crippen molar-refractivity contribution in [3.63, 3.8) is 0 Å². The molecule has 0 aromatic heterocycles. The molecule has 24 heavy (non-hydrogen) atoms. The van der Waals surface area contributed by atoms with Crippen LogP contribution in [0.5, 0.6) is 5.75 Å². The van der Waals surface area contributed by atoms with Gasteiger partial charge in [-0.2, -0.15) is 0 Å². The van der Waals surface area contributed by atoms with Gasteiger partial charge in [0.1, 0.15) is 18.5 Å². The highest BCUT2D eigenvalue weighted by molar-refractivity contribution is 5.74. The van der Waals surface area contributed by atoms with Gasteiger partial charge in [0.25, 0.3) is 0 Å². The number of ether oxygens (including phenoxy) is 1. The Hall–Kier alpha value is -1.92. The average Bonchev–Trinajstić information content (AvgIpc) is 3.21. The smallest absolute Gasteiger partial charge is 0.154 e. The molecule has 0 spiro atoms. The quantitative estimate of drug-likeness (QED) is 0.270. The first-order valence-corrected chi connectivity index (χ1v) is 9.26. The lowest BCUT2D eigenvalue weighted by atomic mass is 10.1. The zero-order chi connectivity index (χ0) is 17.3. The Kier molecular flexibility index (Phi) is 12.3. The van der Waals surface area contributed by atoms with E-state index >= 15 is 0 Å². The minimum absolute atomic E-state index is 0.694. The Labute approximate surface area is 147 Å². The highest BCUT2D eigenvalue weighted by Crippen LogP contribution is 2.13. The molecule has 2 rings (SSSR count). The summed E-state index contributed by atoms with van der Waals surface area (Å²) >= 11 is 0. The van der Waals surface area contributed by atoms with Crippen LogP contribution in [0.25, 0.3) is 0 Å². The number of carbonyl (C=O) groups excluding carboxylic acids is 1. The van der Waals surface area contributed by atoms with Gasteiger partial charge < -0.3 is 4.74 Å². The van der Waals surface area contributed by atoms with Crippen LogP contribution in [0.4, 0.5) is 0 Å². The molecule has 130 valence electrons. The minimum atomic E-state index is 0.694. The molecular formula is C22H31O2+. The van der Waals surface area contributed by atoms with Crippen molar-refractivity contribution in [2.75, 3.05) is 6.61 Å². The van der Waals surface area contributed by atoms with E-state index in [4.69, 9.17) is 4.74 Å². The topological polar surface area (TPSA) is 26.3 Å². The molecule has 1 aliphatic rings. The predicted octanol–water partition coefficient (Wildman–Crippen LogP) is 6.32. The van der Waals surface area contributed by atoms with Crippen LogP contribution in [-0.2, 0) is 0 Å². The van der Waals surface area contributed by atoms with Gasteiger partial charge in [0.05, 0.1) is 18.8 Å². The first-order chi connectivity index (χ1) is 11.9. The first-order valence-electron chi connectivity index (χ1n) is 9.26. The van der Waals surface area contributed by atoms with Crippen LogP contribution in [0.2, 0.25) is 0 Å². The van der Waals surface area contributed by atoms with Crippen LogP contribution in [-0.4, -0.2) is 12.9 Å². The summed E-state index contributed by atoms with van der Waals surface area (Å²) in [7, 11) is 0. The van der Waals surface area contributed by atoms with Crippen molar-refractivity contribution in [3.8, 4) is 5.75 Å². The van der Waals surface area contributed by atoms with E-state index < -0.39 is 0 Å². The average molecular weight is 327 g/mol. The number of unbranched alkanes of at least 4 members (excludes halogenated alkanes) is 7. The fourth-order valence-electron chi connectivity index (χ4n) is 2.41. The second-order valence-electron chi connectivity index (χ2n) is 6.01. The summed E-state index contributed by atoms with van der Waals surface area (Å²) in [4.78, 5) is 10.5. The molecule has 0 aliphatic heterocycles. The third kappa shape index (κ3) is 10.7. The number of allylic oxidation sites excluding steroid dienone is 4. The summed E-state index contributed by atoms with van der Waals surface area (Å²) in [5.74, 6) is 0.855. The van der Waals surface area contributed by atoms with Gasteiger partial charge in [0, 0.05) is 11.6 Å². The summed E-state index contributed by atoms with van der Waals surface area (Å²) in [5, 5.41) is 0. The lowest BCUT2D eigenvalue weighted by Crippen LogP contribution is -1.97. The summed E-state index contributed by atoms with van der Waals surface area (Å²) in [5.41, 5.74) is 0.694. The standard InChI is InChI=1S/C17H26O2.C5H5/c1-2-3-4-5-6-7-8-9-14-19-17-12-10-16(15-18)11-13-17;1-2-4-5-3-1/h10-13,15H,2-9,14H2,1H3;1-3H,4H2/q;+1. The number of hydrogen-bond donors (Lipinski definition) is 0. The number of benzene rings is 1. The molecule has 0 amide bonds. The molecule has 1 aromatic rings. The molecule has 0 saturated heterocycles. The zero-order valence-corrected chi connectivity index (χ0v) is 15.0. The molecule has 0 saturated carbocycles. The van der Waals surface area contributed by atoms with Crippen molar-refractivity contribution in [2.24, 2.45) is 0 Å². The largest absolute Gasteiger partial charge is 0.494 e. The van der Waals surface area contributed by atoms with E-state index in [1.807, 2.05) is 24.3 Å². The normalized spacial score (nSPS) is 11.5. The fraction of sp³-hybridized carbons (Fsp3) is 0.500. The van der Waals surface area contributed by atoms with Crippen LogP contribution in [0.15, 0.2) is 42.5 Å². The van der Waals surface area contributed by atoms with E-state index in [1.54, 1.807) is 12.1 Å². The molecule has 0 heterocycles. The van der Waals surface area contributed by atoms with Gasteiger partial charge >= 0.3 is 0 Å². The second kappa shape index (κ2) is 14.7. The van der Waals surface area contributed by atoms with Gasteiger partial charge in [-0.3, -0.25) is 4.79 Å². The maximum absolute atomic E-state index is 10.5. The van der Waals surface area contributed by atoms with E-state index in [0.29, 0.717) is 5.56 Å². The molecule has 1 aromatic carbocycles. The van der Waals surface area contributed by atoms with Gasteiger partial charge in [-0.25, -0.2) is 0 Å². The Balaban J connectivity index is 0.000000488. The SMILES string of the molecule is CCCCCCCCCCOc1ccc(C=O)cc1.[C+]1=CC=CC1. The summed E-state index contributed by atoms with van der Waals surface area (Å²) in [6.07, 6.45) is 21.3. The highest BCUT2D eigenvalue weighted by Gasteiger charge is 1.95. The van der Waals surface area contributed by atoms with E-state index in [0.717, 1.165) is 31.5 Å². The number of hydrogen-bond acceptors (Lipinski definition) is 2. The molecule has 1 aliphatic carbocycles. The Bertz CT molecular complexity index is 461. The van der Waals surface area contributed by atoms with Crippen LogP contribution in [0.3, 0.4) is 0 Å². The molecule has 2 heteroatoms. The van der Waals surface area contributed by atoms with E-state index in [-0.39, 0.29) is 0 Å². The molecule has 0 unspecified atom stereocenters. The maximum atomic E-state index is 10.5. The van der Waals surface area contributed by atoms with Crippen molar-refractivity contribution < 1.29 is 9.53 Å². The minimum Gasteiger partial charge on any atom is -0.494 e. The highest BCUT2D eigenvalue weighted by atomic mass is 16.5. The predicted molar refractivity (Wildman–Crippen MR) is 102 cm³/mol. The summed E-state index contributed by atoms with van der Waals surface area (Å²) in [6, 6.07) is 7.29. The second-order valence-corrected chi connectivity index (χ2v) is 6.01. The van der Waals surface area contributed by atoms with Gasteiger partial charge in [0.2, 0.25) is 0 Å². The third-order valence-electron chi connectivity index (χ3n) is 3.87. The number of aldehydes is 1. The van der Waals surface area contributed by atoms with Crippen molar-refractivity contribution in [3.05, 3.63) is 54.1 Å². The molecule has 0 atom stereocenters. The summed E-state index contributed by atoms with van der Waals surface area (Å²) < 4.78 is 5.63. The van der Waals surface area contributed by atoms with Crippen LogP contribution in [0, 0.1) is 6.08 Å². The van der Waals surface area contributed by atoms with E-state index in [9.17, 15) is 4.79 Å². The van der Waals surface area contributed by atoms with Crippen molar-refractivity contribution in [1.82, 2.24) is 0 Å². The van der Waals surface area contributed by atoms with Gasteiger partial charge in [-0.1, -0.05) is 51.9 Å². The molecule has 0 N–H and O–H groups in total. The van der Waals surface area contributed by atoms with E-state index in [2.05, 4.69) is 19.1 Å². The number of rotatable bonds is 11. The lowest BCUT2D eigenvalue weighted by molar-refractivity contribution is 0.112. The van der Waals surface area contributed by atoms with E-state index in [1.165, 1.54) is 44.9 Å². The van der Waals surface area contributed by atoms with Gasteiger partial charge in [-0.05, 0) is 30.7 Å². The molecular weight excluding hydrogens is 296 g/mol. The van der Waals surface area contributed by atoms with Crippen LogP contribution in [0.1, 0.15) is 75.1 Å². The van der Waals surface area contributed by atoms with Gasteiger partial charge in [0.15, 0.2) is 6.08 Å². The molecule has 0 bridgehead atoms. The Morgan fingerprint density at radius 3 is 2.17 bits per heavy atom. The van der Waals surface area contributed by atoms with Crippen LogP contribution >= 0.6 is 0 Å². The van der Waals surface area contributed by atoms with Gasteiger partial charge in [-0.15, -0.1) is 0 Å². The van der Waals surface area contributed by atoms with Crippen LogP contribution < -0.4 is 4.74 Å². The summed E-state index contributed by atoms with van der Waals surface area (Å²) in [6.45, 7) is 3.02. The lowest BCUT2D eigenvalue weighted by Gasteiger charge is -2.06. The number of carbonyl (C=O) groups is 1. The molecule has 0 fully saturated rings. The van der Waals surface area contributed by atoms with Crippen molar-refractivity contribution >= 4 is 6.29 Å². The maximum Gasteiger partial charge on any atom is 0.154 e.